The molecule has 2 heterocycles. The first-order chi connectivity index (χ1) is 13.6. The van der Waals surface area contributed by atoms with Crippen molar-refractivity contribution in [1.29, 1.82) is 0 Å². The van der Waals surface area contributed by atoms with E-state index in [2.05, 4.69) is 15.4 Å². The molecule has 4 rings (SSSR count). The highest BCUT2D eigenvalue weighted by atomic mass is 35.5. The number of H-pyrrole nitrogens is 1. The van der Waals surface area contributed by atoms with Crippen molar-refractivity contribution in [3.05, 3.63) is 75.9 Å². The number of aromatic amines is 1. The van der Waals surface area contributed by atoms with Crippen molar-refractivity contribution in [2.24, 2.45) is 0 Å². The highest BCUT2D eigenvalue weighted by Gasteiger charge is 2.27. The van der Waals surface area contributed by atoms with Gasteiger partial charge in [-0.2, -0.15) is 4.68 Å². The number of urea groups is 1. The first-order valence-electron chi connectivity index (χ1n) is 9.16. The topological polar surface area (TPSA) is 83.0 Å². The van der Waals surface area contributed by atoms with E-state index in [1.165, 1.54) is 4.68 Å². The van der Waals surface area contributed by atoms with E-state index in [4.69, 9.17) is 11.6 Å². The smallest absolute Gasteiger partial charge is 0.324 e. The summed E-state index contributed by atoms with van der Waals surface area (Å²) in [5.74, 6) is 0.597. The molecule has 1 aromatic heterocycles. The molecule has 2 amide bonds. The summed E-state index contributed by atoms with van der Waals surface area (Å²) in [6.45, 7) is 1.17. The van der Waals surface area contributed by atoms with Crippen molar-refractivity contribution in [2.45, 2.75) is 18.8 Å². The summed E-state index contributed by atoms with van der Waals surface area (Å²) in [5.41, 5.74) is 1.13. The SMILES string of the molecule is O=C(Nc1ccc(Cl)cc1)N1CCCC(c2nn(-c3ccccc3)c(=O)[nH]2)C1. The number of carbonyl (C=O) groups excluding carboxylic acids is 1. The largest absolute Gasteiger partial charge is 0.348 e. The molecular formula is C20H20ClN5O2. The van der Waals surface area contributed by atoms with Gasteiger partial charge in [0, 0.05) is 29.7 Å². The van der Waals surface area contributed by atoms with Crippen molar-refractivity contribution >= 4 is 23.3 Å². The van der Waals surface area contributed by atoms with E-state index < -0.39 is 0 Å². The fraction of sp³-hybridized carbons (Fsp3) is 0.250. The van der Waals surface area contributed by atoms with Gasteiger partial charge in [-0.15, -0.1) is 5.10 Å². The average Bonchev–Trinajstić information content (AvgIpc) is 3.12. The highest BCUT2D eigenvalue weighted by Crippen LogP contribution is 2.25. The number of carbonyl (C=O) groups is 1. The number of piperidine rings is 1. The minimum atomic E-state index is -0.274. The number of amides is 2. The summed E-state index contributed by atoms with van der Waals surface area (Å²) in [5, 5.41) is 7.97. The van der Waals surface area contributed by atoms with Crippen LogP contribution in [-0.2, 0) is 0 Å². The summed E-state index contributed by atoms with van der Waals surface area (Å²) < 4.78 is 1.36. The lowest BCUT2D eigenvalue weighted by atomic mass is 9.98. The zero-order valence-electron chi connectivity index (χ0n) is 15.1. The normalized spacial score (nSPS) is 16.8. The molecule has 2 N–H and O–H groups in total. The highest BCUT2D eigenvalue weighted by molar-refractivity contribution is 6.30. The minimum absolute atomic E-state index is 0.0117. The summed E-state index contributed by atoms with van der Waals surface area (Å²) in [7, 11) is 0. The Kier molecular flexibility index (Phi) is 5.16. The van der Waals surface area contributed by atoms with Crippen LogP contribution in [0.3, 0.4) is 0 Å². The number of benzene rings is 2. The Hall–Kier alpha value is -3.06. The van der Waals surface area contributed by atoms with Crippen molar-refractivity contribution in [3.63, 3.8) is 0 Å². The third kappa shape index (κ3) is 3.94. The number of nitrogens with zero attached hydrogens (tertiary/aromatic N) is 3. The van der Waals surface area contributed by atoms with Crippen LogP contribution in [-0.4, -0.2) is 38.8 Å². The number of aromatic nitrogens is 3. The van der Waals surface area contributed by atoms with E-state index in [9.17, 15) is 9.59 Å². The van der Waals surface area contributed by atoms with Gasteiger partial charge in [-0.3, -0.25) is 4.98 Å². The molecule has 0 spiro atoms. The van der Waals surface area contributed by atoms with Crippen LogP contribution in [0.15, 0.2) is 59.4 Å². The Bertz CT molecular complexity index is 1010. The van der Waals surface area contributed by atoms with Crippen LogP contribution >= 0.6 is 11.6 Å². The molecule has 1 aliphatic heterocycles. The predicted molar refractivity (Wildman–Crippen MR) is 108 cm³/mol. The molecule has 3 aromatic rings. The third-order valence-corrected chi connectivity index (χ3v) is 5.08. The molecular weight excluding hydrogens is 378 g/mol. The Morgan fingerprint density at radius 1 is 1.14 bits per heavy atom. The van der Waals surface area contributed by atoms with Crippen LogP contribution in [0.1, 0.15) is 24.6 Å². The molecule has 0 radical (unpaired) electrons. The maximum Gasteiger partial charge on any atom is 0.348 e. The molecule has 1 unspecified atom stereocenters. The predicted octanol–water partition coefficient (Wildman–Crippen LogP) is 3.63. The van der Waals surface area contributed by atoms with Crippen LogP contribution in [0.25, 0.3) is 5.69 Å². The first-order valence-corrected chi connectivity index (χ1v) is 9.54. The van der Waals surface area contributed by atoms with Crippen LogP contribution in [0.2, 0.25) is 5.02 Å². The monoisotopic (exact) mass is 397 g/mol. The van der Waals surface area contributed by atoms with Gasteiger partial charge >= 0.3 is 11.7 Å². The van der Waals surface area contributed by atoms with Gasteiger partial charge in [0.2, 0.25) is 0 Å². The van der Waals surface area contributed by atoms with Gasteiger partial charge < -0.3 is 10.2 Å². The zero-order chi connectivity index (χ0) is 19.5. The molecule has 0 aliphatic carbocycles. The molecule has 0 bridgehead atoms. The quantitative estimate of drug-likeness (QED) is 0.708. The molecule has 2 aromatic carbocycles. The van der Waals surface area contributed by atoms with E-state index in [-0.39, 0.29) is 17.6 Å². The summed E-state index contributed by atoms with van der Waals surface area (Å²) in [6, 6.07) is 16.1. The Balaban J connectivity index is 1.47. The van der Waals surface area contributed by atoms with Gasteiger partial charge in [-0.25, -0.2) is 9.59 Å². The molecule has 1 fully saturated rings. The number of hydrogen-bond donors (Lipinski definition) is 2. The van der Waals surface area contributed by atoms with Gasteiger partial charge in [0.15, 0.2) is 0 Å². The Morgan fingerprint density at radius 2 is 1.89 bits per heavy atom. The fourth-order valence-corrected chi connectivity index (χ4v) is 3.52. The van der Waals surface area contributed by atoms with Gasteiger partial charge in [0.1, 0.15) is 5.82 Å². The van der Waals surface area contributed by atoms with Gasteiger partial charge in [0.25, 0.3) is 0 Å². The van der Waals surface area contributed by atoms with E-state index in [1.54, 1.807) is 29.2 Å². The van der Waals surface area contributed by atoms with Crippen molar-refractivity contribution in [1.82, 2.24) is 19.7 Å². The lowest BCUT2D eigenvalue weighted by molar-refractivity contribution is 0.191. The van der Waals surface area contributed by atoms with Crippen LogP contribution in [0.5, 0.6) is 0 Å². The van der Waals surface area contributed by atoms with Crippen LogP contribution in [0.4, 0.5) is 10.5 Å². The lowest BCUT2D eigenvalue weighted by Crippen LogP contribution is -2.41. The maximum atomic E-state index is 12.6. The second-order valence-corrected chi connectivity index (χ2v) is 7.22. The summed E-state index contributed by atoms with van der Waals surface area (Å²) in [4.78, 5) is 29.5. The number of para-hydroxylation sites is 1. The lowest BCUT2D eigenvalue weighted by Gasteiger charge is -2.31. The van der Waals surface area contributed by atoms with Crippen molar-refractivity contribution in [3.8, 4) is 5.69 Å². The number of rotatable bonds is 3. The fourth-order valence-electron chi connectivity index (χ4n) is 3.39. The minimum Gasteiger partial charge on any atom is -0.324 e. The Morgan fingerprint density at radius 3 is 2.64 bits per heavy atom. The van der Waals surface area contributed by atoms with E-state index in [0.717, 1.165) is 12.8 Å². The number of halogens is 1. The first kappa shape index (κ1) is 18.3. The standard InChI is InChI=1S/C20H20ClN5O2/c21-15-8-10-16(11-9-15)22-19(27)25-12-4-5-14(13-25)18-23-20(28)26(24-18)17-6-2-1-3-7-17/h1-3,6-11,14H,4-5,12-13H2,(H,22,27)(H,23,24,28). The molecule has 1 saturated heterocycles. The number of likely N-dealkylation sites (tertiary alicyclic amines) is 1. The zero-order valence-corrected chi connectivity index (χ0v) is 15.9. The number of nitrogens with one attached hydrogen (secondary N) is 2. The van der Waals surface area contributed by atoms with Gasteiger partial charge in [-0.1, -0.05) is 29.8 Å². The van der Waals surface area contributed by atoms with Crippen molar-refractivity contribution < 1.29 is 4.79 Å². The molecule has 1 aliphatic rings. The molecule has 1 atom stereocenters. The average molecular weight is 398 g/mol. The third-order valence-electron chi connectivity index (χ3n) is 4.83. The second-order valence-electron chi connectivity index (χ2n) is 6.78. The van der Waals surface area contributed by atoms with E-state index in [0.29, 0.717) is 35.3 Å². The number of anilines is 1. The second kappa shape index (κ2) is 7.90. The Labute approximate surface area is 166 Å². The van der Waals surface area contributed by atoms with Gasteiger partial charge in [-0.05, 0) is 49.2 Å². The molecule has 8 heteroatoms. The van der Waals surface area contributed by atoms with Crippen LogP contribution in [0, 0.1) is 0 Å². The summed E-state index contributed by atoms with van der Waals surface area (Å²) in [6.07, 6.45) is 1.71. The number of hydrogen-bond acceptors (Lipinski definition) is 3. The molecule has 28 heavy (non-hydrogen) atoms. The maximum absolute atomic E-state index is 12.6. The molecule has 7 nitrogen and oxygen atoms in total. The molecule has 0 saturated carbocycles. The summed E-state index contributed by atoms with van der Waals surface area (Å²) >= 11 is 5.88. The molecule has 144 valence electrons. The van der Waals surface area contributed by atoms with Crippen molar-refractivity contribution in [2.75, 3.05) is 18.4 Å². The van der Waals surface area contributed by atoms with Crippen LogP contribution < -0.4 is 11.0 Å². The van der Waals surface area contributed by atoms with Gasteiger partial charge in [0.05, 0.1) is 5.69 Å². The van der Waals surface area contributed by atoms with E-state index >= 15 is 0 Å². The van der Waals surface area contributed by atoms with E-state index in [1.807, 2.05) is 30.3 Å².